The van der Waals surface area contributed by atoms with Gasteiger partial charge in [0.1, 0.15) is 11.5 Å². The molecule has 0 fully saturated rings. The number of ether oxygens (including phenoxy) is 2. The van der Waals surface area contributed by atoms with E-state index >= 15 is 0 Å². The summed E-state index contributed by atoms with van der Waals surface area (Å²) in [7, 11) is 1.47. The number of rotatable bonds is 7. The zero-order valence-corrected chi connectivity index (χ0v) is 12.5. The molecule has 0 spiro atoms. The SMILES string of the molecule is CCOc1cc(CC(N)CC)c(OC)cc1C(C)(F)F. The number of nitrogens with two attached hydrogens (primary N) is 1. The summed E-state index contributed by atoms with van der Waals surface area (Å²) >= 11 is 0. The van der Waals surface area contributed by atoms with Crippen molar-refractivity contribution in [3.05, 3.63) is 23.3 Å². The van der Waals surface area contributed by atoms with Crippen molar-refractivity contribution in [2.24, 2.45) is 5.73 Å². The molecule has 1 aromatic carbocycles. The zero-order chi connectivity index (χ0) is 15.3. The highest BCUT2D eigenvalue weighted by molar-refractivity contribution is 5.48. The van der Waals surface area contributed by atoms with Crippen LogP contribution in [0.4, 0.5) is 8.78 Å². The first kappa shape index (κ1) is 16.7. The first-order valence-electron chi connectivity index (χ1n) is 6.81. The molecule has 0 amide bonds. The molecule has 2 N–H and O–H groups in total. The lowest BCUT2D eigenvalue weighted by molar-refractivity contribution is 0.0143. The van der Waals surface area contributed by atoms with Gasteiger partial charge >= 0.3 is 0 Å². The molecule has 0 saturated carbocycles. The van der Waals surface area contributed by atoms with Crippen LogP contribution in [-0.2, 0) is 12.3 Å². The number of benzene rings is 1. The fourth-order valence-corrected chi connectivity index (χ4v) is 2.00. The van der Waals surface area contributed by atoms with E-state index in [1.165, 1.54) is 13.2 Å². The Morgan fingerprint density at radius 1 is 1.25 bits per heavy atom. The first-order chi connectivity index (χ1) is 9.33. The Hall–Kier alpha value is -1.36. The maximum Gasteiger partial charge on any atom is 0.274 e. The van der Waals surface area contributed by atoms with Gasteiger partial charge in [0, 0.05) is 13.0 Å². The molecule has 20 heavy (non-hydrogen) atoms. The van der Waals surface area contributed by atoms with Gasteiger partial charge in [0.2, 0.25) is 0 Å². The third-order valence-corrected chi connectivity index (χ3v) is 3.16. The lowest BCUT2D eigenvalue weighted by Gasteiger charge is -2.20. The van der Waals surface area contributed by atoms with Crippen LogP contribution in [0.15, 0.2) is 12.1 Å². The van der Waals surface area contributed by atoms with Crippen LogP contribution in [0.2, 0.25) is 0 Å². The predicted molar refractivity (Wildman–Crippen MR) is 75.7 cm³/mol. The van der Waals surface area contributed by atoms with E-state index < -0.39 is 5.92 Å². The maximum atomic E-state index is 13.7. The molecule has 0 radical (unpaired) electrons. The third-order valence-electron chi connectivity index (χ3n) is 3.16. The smallest absolute Gasteiger partial charge is 0.274 e. The molecular formula is C15H23F2NO2. The van der Waals surface area contributed by atoms with Gasteiger partial charge in [-0.05, 0) is 37.5 Å². The fourth-order valence-electron chi connectivity index (χ4n) is 2.00. The molecule has 0 aromatic heterocycles. The van der Waals surface area contributed by atoms with Gasteiger partial charge < -0.3 is 15.2 Å². The van der Waals surface area contributed by atoms with Gasteiger partial charge in [0.05, 0.1) is 19.3 Å². The zero-order valence-electron chi connectivity index (χ0n) is 12.5. The van der Waals surface area contributed by atoms with E-state index in [9.17, 15) is 8.78 Å². The van der Waals surface area contributed by atoms with Crippen molar-refractivity contribution in [3.8, 4) is 11.5 Å². The Labute approximate surface area is 119 Å². The topological polar surface area (TPSA) is 44.5 Å². The third kappa shape index (κ3) is 4.07. The van der Waals surface area contributed by atoms with Gasteiger partial charge in [0.25, 0.3) is 5.92 Å². The Balaban J connectivity index is 3.29. The van der Waals surface area contributed by atoms with Gasteiger partial charge in [0.15, 0.2) is 0 Å². The molecule has 1 aromatic rings. The number of hydrogen-bond donors (Lipinski definition) is 1. The summed E-state index contributed by atoms with van der Waals surface area (Å²) in [5.41, 5.74) is 6.56. The molecule has 1 atom stereocenters. The molecule has 0 aliphatic carbocycles. The van der Waals surface area contributed by atoms with Crippen LogP contribution in [0.25, 0.3) is 0 Å². The van der Waals surface area contributed by atoms with E-state index in [1.807, 2.05) is 6.92 Å². The highest BCUT2D eigenvalue weighted by Crippen LogP contribution is 2.39. The van der Waals surface area contributed by atoms with E-state index in [2.05, 4.69) is 0 Å². The lowest BCUT2D eigenvalue weighted by atomic mass is 9.99. The summed E-state index contributed by atoms with van der Waals surface area (Å²) in [4.78, 5) is 0. The van der Waals surface area contributed by atoms with Crippen LogP contribution in [0.5, 0.6) is 11.5 Å². The molecule has 0 bridgehead atoms. The standard InChI is InChI=1S/C15H23F2NO2/c1-5-11(18)7-10-8-14(20-6-2)12(15(3,16)17)9-13(10)19-4/h8-9,11H,5-7,18H2,1-4H3. The highest BCUT2D eigenvalue weighted by atomic mass is 19.3. The maximum absolute atomic E-state index is 13.7. The first-order valence-corrected chi connectivity index (χ1v) is 6.81. The molecule has 0 saturated heterocycles. The second kappa shape index (κ2) is 6.88. The highest BCUT2D eigenvalue weighted by Gasteiger charge is 2.30. The largest absolute Gasteiger partial charge is 0.496 e. The van der Waals surface area contributed by atoms with E-state index in [1.54, 1.807) is 13.0 Å². The van der Waals surface area contributed by atoms with Crippen molar-refractivity contribution < 1.29 is 18.3 Å². The van der Waals surface area contributed by atoms with Gasteiger partial charge in [-0.1, -0.05) is 6.92 Å². The average molecular weight is 287 g/mol. The van der Waals surface area contributed by atoms with Crippen LogP contribution in [-0.4, -0.2) is 19.8 Å². The molecule has 0 aliphatic heterocycles. The Kier molecular flexibility index (Phi) is 5.74. The number of halogens is 2. The molecule has 5 heteroatoms. The summed E-state index contributed by atoms with van der Waals surface area (Å²) in [5.74, 6) is -2.36. The Morgan fingerprint density at radius 2 is 1.90 bits per heavy atom. The number of alkyl halides is 2. The van der Waals surface area contributed by atoms with E-state index in [0.29, 0.717) is 18.8 Å². The second-order valence-electron chi connectivity index (χ2n) is 4.85. The van der Waals surface area contributed by atoms with E-state index in [0.717, 1.165) is 18.9 Å². The summed E-state index contributed by atoms with van der Waals surface area (Å²) in [5, 5.41) is 0. The Bertz CT molecular complexity index is 444. The van der Waals surface area contributed by atoms with Crippen molar-refractivity contribution in [2.75, 3.05) is 13.7 Å². The molecule has 0 heterocycles. The molecule has 1 unspecified atom stereocenters. The van der Waals surface area contributed by atoms with Gasteiger partial charge in [-0.25, -0.2) is 8.78 Å². The summed E-state index contributed by atoms with van der Waals surface area (Å²) in [6.45, 7) is 4.92. The molecule has 3 nitrogen and oxygen atoms in total. The van der Waals surface area contributed by atoms with Gasteiger partial charge in [-0.2, -0.15) is 0 Å². The minimum Gasteiger partial charge on any atom is -0.496 e. The van der Waals surface area contributed by atoms with Crippen LogP contribution in [0.3, 0.4) is 0 Å². The molecule has 1 rings (SSSR count). The summed E-state index contributed by atoms with van der Waals surface area (Å²) in [6.07, 6.45) is 1.37. The fraction of sp³-hybridized carbons (Fsp3) is 0.600. The van der Waals surface area contributed by atoms with E-state index in [-0.39, 0.29) is 17.4 Å². The van der Waals surface area contributed by atoms with Crippen LogP contribution < -0.4 is 15.2 Å². The number of hydrogen-bond acceptors (Lipinski definition) is 3. The van der Waals surface area contributed by atoms with Crippen LogP contribution in [0.1, 0.15) is 38.3 Å². The second-order valence-corrected chi connectivity index (χ2v) is 4.85. The normalized spacial score (nSPS) is 13.2. The van der Waals surface area contributed by atoms with Gasteiger partial charge in [-0.3, -0.25) is 0 Å². The molecule has 114 valence electrons. The van der Waals surface area contributed by atoms with E-state index in [4.69, 9.17) is 15.2 Å². The van der Waals surface area contributed by atoms with Gasteiger partial charge in [-0.15, -0.1) is 0 Å². The van der Waals surface area contributed by atoms with Crippen molar-refractivity contribution in [3.63, 3.8) is 0 Å². The predicted octanol–water partition coefficient (Wildman–Crippen LogP) is 3.49. The van der Waals surface area contributed by atoms with Crippen LogP contribution >= 0.6 is 0 Å². The molecule has 0 aliphatic rings. The number of methoxy groups -OCH3 is 1. The monoisotopic (exact) mass is 287 g/mol. The van der Waals surface area contributed by atoms with Crippen molar-refractivity contribution in [2.45, 2.75) is 45.6 Å². The quantitative estimate of drug-likeness (QED) is 0.835. The molecular weight excluding hydrogens is 264 g/mol. The summed E-state index contributed by atoms with van der Waals surface area (Å²) in [6, 6.07) is 2.93. The lowest BCUT2D eigenvalue weighted by Crippen LogP contribution is -2.22. The Morgan fingerprint density at radius 3 is 2.35 bits per heavy atom. The minimum atomic E-state index is -2.98. The van der Waals surface area contributed by atoms with Crippen molar-refractivity contribution in [1.29, 1.82) is 0 Å². The van der Waals surface area contributed by atoms with Crippen LogP contribution in [0, 0.1) is 0 Å². The minimum absolute atomic E-state index is 0.0358. The van der Waals surface area contributed by atoms with Crippen molar-refractivity contribution in [1.82, 2.24) is 0 Å². The summed E-state index contributed by atoms with van der Waals surface area (Å²) < 4.78 is 37.9. The average Bonchev–Trinajstić information content (AvgIpc) is 2.37. The van der Waals surface area contributed by atoms with Crippen molar-refractivity contribution >= 4 is 0 Å².